The molecule has 7 atom stereocenters. The Morgan fingerprint density at radius 1 is 1.05 bits per heavy atom. The third kappa shape index (κ3) is 5.32. The van der Waals surface area contributed by atoms with Crippen molar-refractivity contribution in [2.24, 2.45) is 34.3 Å². The van der Waals surface area contributed by atoms with Crippen molar-refractivity contribution >= 4 is 35.3 Å². The van der Waals surface area contributed by atoms with Gasteiger partial charge in [0.2, 0.25) is 17.6 Å². The van der Waals surface area contributed by atoms with Gasteiger partial charge in [-0.15, -0.1) is 0 Å². The van der Waals surface area contributed by atoms with Gasteiger partial charge in [-0.2, -0.15) is 0 Å². The summed E-state index contributed by atoms with van der Waals surface area (Å²) < 4.78 is 5.12. The molecule has 0 spiro atoms. The fourth-order valence-corrected chi connectivity index (χ4v) is 8.25. The van der Waals surface area contributed by atoms with Gasteiger partial charge in [-0.25, -0.2) is 4.79 Å². The van der Waals surface area contributed by atoms with Crippen LogP contribution in [0.1, 0.15) is 84.5 Å². The number of hydrogen-bond donors (Lipinski definition) is 4. The predicted molar refractivity (Wildman–Crippen MR) is 140 cm³/mol. The zero-order chi connectivity index (χ0) is 29.5. The molecule has 0 radical (unpaired) electrons. The van der Waals surface area contributed by atoms with Crippen molar-refractivity contribution in [1.29, 1.82) is 0 Å². The number of nitrogens with one attached hydrogen (secondary N) is 1. The average Bonchev–Trinajstić information content (AvgIpc) is 3.17. The Balaban J connectivity index is 1.33. The number of esters is 1. The van der Waals surface area contributed by atoms with Crippen molar-refractivity contribution in [3.8, 4) is 0 Å². The minimum atomic E-state index is -1.62. The number of hydrogen-bond acceptors (Lipinski definition) is 8. The summed E-state index contributed by atoms with van der Waals surface area (Å²) in [6.07, 6.45) is 6.21. The second-order valence-corrected chi connectivity index (χ2v) is 12.5. The highest BCUT2D eigenvalue weighted by Gasteiger charge is 2.66. The molecule has 3 fully saturated rings. The molecule has 0 aromatic heterocycles. The highest BCUT2D eigenvalue weighted by atomic mass is 16.5. The van der Waals surface area contributed by atoms with E-state index in [2.05, 4.69) is 12.2 Å². The first kappa shape index (κ1) is 29.9. The molecule has 0 unspecified atom stereocenters. The number of primary amides is 1. The lowest BCUT2D eigenvalue weighted by Crippen LogP contribution is -2.58. The van der Waals surface area contributed by atoms with Gasteiger partial charge in [-0.1, -0.05) is 19.4 Å². The van der Waals surface area contributed by atoms with E-state index in [1.807, 2.05) is 13.0 Å². The molecule has 4 aliphatic rings. The van der Waals surface area contributed by atoms with E-state index < -0.39 is 72.5 Å². The van der Waals surface area contributed by atoms with Crippen LogP contribution in [0.3, 0.4) is 0 Å². The molecule has 4 rings (SSSR count). The van der Waals surface area contributed by atoms with Crippen LogP contribution in [0.2, 0.25) is 0 Å². The molecular formula is C29H40N2O9. The van der Waals surface area contributed by atoms with Crippen LogP contribution in [-0.4, -0.2) is 63.8 Å². The van der Waals surface area contributed by atoms with Crippen LogP contribution in [-0.2, 0) is 33.5 Å². The maximum absolute atomic E-state index is 13.3. The summed E-state index contributed by atoms with van der Waals surface area (Å²) in [6.45, 7) is 3.64. The number of fused-ring (bicyclic) bond motifs is 5. The number of aliphatic carboxylic acids is 1. The van der Waals surface area contributed by atoms with Gasteiger partial charge < -0.3 is 26.0 Å². The molecule has 40 heavy (non-hydrogen) atoms. The summed E-state index contributed by atoms with van der Waals surface area (Å²) in [4.78, 5) is 71.8. The molecule has 3 saturated carbocycles. The third-order valence-corrected chi connectivity index (χ3v) is 10.5. The number of carboxylic acids is 1. The van der Waals surface area contributed by atoms with Crippen LogP contribution in [0.25, 0.3) is 0 Å². The predicted octanol–water partition coefficient (Wildman–Crippen LogP) is 1.59. The minimum Gasteiger partial charge on any atom is -0.480 e. The first-order valence-corrected chi connectivity index (χ1v) is 14.2. The topological polar surface area (TPSA) is 190 Å². The first-order chi connectivity index (χ1) is 18.7. The molecule has 220 valence electrons. The maximum Gasteiger partial charge on any atom is 0.326 e. The average molecular weight is 561 g/mol. The van der Waals surface area contributed by atoms with Crippen LogP contribution in [0.15, 0.2) is 11.6 Å². The van der Waals surface area contributed by atoms with Gasteiger partial charge in [0, 0.05) is 18.3 Å². The molecule has 0 bridgehead atoms. The number of amides is 2. The minimum absolute atomic E-state index is 0.0188. The fourth-order valence-electron chi connectivity index (χ4n) is 8.25. The maximum atomic E-state index is 13.3. The van der Waals surface area contributed by atoms with Crippen LogP contribution in [0.4, 0.5) is 0 Å². The lowest BCUT2D eigenvalue weighted by molar-refractivity contribution is -0.170. The zero-order valence-corrected chi connectivity index (χ0v) is 23.2. The summed E-state index contributed by atoms with van der Waals surface area (Å²) in [5.41, 5.74) is 3.95. The fraction of sp³-hybridized carbons (Fsp3) is 0.724. The summed E-state index contributed by atoms with van der Waals surface area (Å²) in [5.74, 6) is -3.38. The Labute approximate surface area is 233 Å². The van der Waals surface area contributed by atoms with E-state index in [9.17, 15) is 33.9 Å². The summed E-state index contributed by atoms with van der Waals surface area (Å²) in [6, 6.07) is -1.50. The Morgan fingerprint density at radius 2 is 1.75 bits per heavy atom. The first-order valence-electron chi connectivity index (χ1n) is 14.2. The van der Waals surface area contributed by atoms with E-state index in [1.54, 1.807) is 0 Å². The zero-order valence-electron chi connectivity index (χ0n) is 23.2. The lowest BCUT2D eigenvalue weighted by Gasteiger charge is -2.58. The quantitative estimate of drug-likeness (QED) is 0.287. The highest BCUT2D eigenvalue weighted by molar-refractivity contribution is 5.92. The Morgan fingerprint density at radius 3 is 2.42 bits per heavy atom. The van der Waals surface area contributed by atoms with Crippen molar-refractivity contribution in [3.05, 3.63) is 11.6 Å². The van der Waals surface area contributed by atoms with Crippen LogP contribution in [0.5, 0.6) is 0 Å². The smallest absolute Gasteiger partial charge is 0.326 e. The standard InChI is InChI=1S/C29H40N2O9/c1-27-10-7-17(32)13-16(27)3-4-18-19(27)8-11-28(2)20(18)9-12-29(28,39)22(33)15-40-25(36)6-5-24(35)31-21(26(37)38)14-23(30)34/h13,18-21,39H,3-12,14-15H2,1-2H3,(H2,30,34)(H,31,35)(H,37,38)/t18-,19-,20-,21+,27+,28+,29+/m1/s1. The van der Waals surface area contributed by atoms with E-state index in [1.165, 1.54) is 5.57 Å². The second kappa shape index (κ2) is 11.1. The van der Waals surface area contributed by atoms with Gasteiger partial charge in [0.15, 0.2) is 12.4 Å². The molecule has 2 amide bonds. The highest BCUT2D eigenvalue weighted by Crippen LogP contribution is 2.67. The Bertz CT molecular complexity index is 1150. The van der Waals surface area contributed by atoms with Gasteiger partial charge in [-0.05, 0) is 74.2 Å². The van der Waals surface area contributed by atoms with Gasteiger partial charge in [0.25, 0.3) is 0 Å². The number of carboxylic acid groups (broad SMARTS) is 1. The van der Waals surface area contributed by atoms with Crippen molar-refractivity contribution in [2.75, 3.05) is 6.61 Å². The third-order valence-electron chi connectivity index (χ3n) is 10.5. The van der Waals surface area contributed by atoms with Crippen molar-refractivity contribution < 1.29 is 43.7 Å². The number of carbonyl (C=O) groups excluding carboxylic acids is 5. The molecule has 11 nitrogen and oxygen atoms in total. The van der Waals surface area contributed by atoms with Crippen LogP contribution >= 0.6 is 0 Å². The molecule has 4 aliphatic carbocycles. The monoisotopic (exact) mass is 560 g/mol. The largest absolute Gasteiger partial charge is 0.480 e. The van der Waals surface area contributed by atoms with Gasteiger partial charge in [-0.3, -0.25) is 24.0 Å². The molecule has 0 aliphatic heterocycles. The van der Waals surface area contributed by atoms with Gasteiger partial charge >= 0.3 is 11.9 Å². The van der Waals surface area contributed by atoms with Crippen LogP contribution < -0.4 is 11.1 Å². The normalized spacial score (nSPS) is 35.3. The number of ether oxygens (including phenoxy) is 1. The number of rotatable bonds is 10. The Hall–Kier alpha value is -3.08. The molecule has 0 aromatic carbocycles. The van der Waals surface area contributed by atoms with Crippen LogP contribution in [0, 0.1) is 28.6 Å². The van der Waals surface area contributed by atoms with E-state index >= 15 is 0 Å². The molecule has 0 aromatic rings. The van der Waals surface area contributed by atoms with Gasteiger partial charge in [0.1, 0.15) is 11.6 Å². The molecule has 0 heterocycles. The molecule has 5 N–H and O–H groups in total. The second-order valence-electron chi connectivity index (χ2n) is 12.5. The lowest BCUT2D eigenvalue weighted by atomic mass is 9.46. The van der Waals surface area contributed by atoms with Crippen molar-refractivity contribution in [3.63, 3.8) is 0 Å². The number of carbonyl (C=O) groups is 6. The number of nitrogens with two attached hydrogens (primary N) is 1. The summed E-state index contributed by atoms with van der Waals surface area (Å²) >= 11 is 0. The summed E-state index contributed by atoms with van der Waals surface area (Å²) in [5, 5.41) is 22.9. The molecule has 0 saturated heterocycles. The van der Waals surface area contributed by atoms with E-state index in [4.69, 9.17) is 15.6 Å². The number of Topliss-reactive ketones (excluding diaryl/α,β-unsaturated/α-hetero) is 1. The van der Waals surface area contributed by atoms with Crippen molar-refractivity contribution in [2.45, 2.75) is 96.1 Å². The van der Waals surface area contributed by atoms with Crippen molar-refractivity contribution in [1.82, 2.24) is 5.32 Å². The summed E-state index contributed by atoms with van der Waals surface area (Å²) in [7, 11) is 0. The number of ketones is 2. The number of allylic oxidation sites excluding steroid dienone is 1. The molecule has 11 heteroatoms. The Kier molecular flexibility index (Phi) is 8.27. The van der Waals surface area contributed by atoms with E-state index in [0.717, 1.165) is 25.7 Å². The number of aliphatic hydroxyl groups is 1. The van der Waals surface area contributed by atoms with E-state index in [-0.39, 0.29) is 17.1 Å². The molecular weight excluding hydrogens is 520 g/mol. The van der Waals surface area contributed by atoms with Gasteiger partial charge in [0.05, 0.1) is 12.8 Å². The van der Waals surface area contributed by atoms with E-state index in [0.29, 0.717) is 37.5 Å². The SMILES string of the molecule is C[C@]12CCC(=O)C=C1CC[C@@H]1[C@H]2CC[C@@]2(C)[C@@H]1CC[C@]2(O)C(=O)COC(=O)CCC(=O)N[C@@H](CC(N)=O)C(=O)O.